The van der Waals surface area contributed by atoms with E-state index in [-0.39, 0.29) is 65.4 Å². The van der Waals surface area contributed by atoms with Crippen molar-refractivity contribution < 1.29 is 65.4 Å². The van der Waals surface area contributed by atoms with Crippen molar-refractivity contribution in [3.8, 4) is 0 Å². The van der Waals surface area contributed by atoms with Gasteiger partial charge in [-0.05, 0) is 25.7 Å². The molecule has 0 bridgehead atoms. The molecule has 0 saturated carbocycles. The summed E-state index contributed by atoms with van der Waals surface area (Å²) >= 11 is 0. The minimum Gasteiger partial charge on any atom is -0.504 e. The Morgan fingerprint density at radius 2 is 0.933 bits per heavy atom. The van der Waals surface area contributed by atoms with Crippen LogP contribution in [0.15, 0.2) is 50.6 Å². The predicted octanol–water partition coefficient (Wildman–Crippen LogP) is 9.77. The first-order chi connectivity index (χ1) is 13.7. The largest absolute Gasteiger partial charge is 0.504 e. The molecule has 0 N–H and O–H groups in total. The first-order valence-electron chi connectivity index (χ1n) is 11.2. The summed E-state index contributed by atoms with van der Waals surface area (Å²) < 4.78 is 0. The van der Waals surface area contributed by atoms with E-state index in [0.717, 1.165) is 25.7 Å². The minimum atomic E-state index is 0. The molecule has 2 heteroatoms. The van der Waals surface area contributed by atoms with Crippen LogP contribution in [0.5, 0.6) is 0 Å². The summed E-state index contributed by atoms with van der Waals surface area (Å²) in [5, 5.41) is 0. The van der Waals surface area contributed by atoms with Crippen LogP contribution in [0.3, 0.4) is 0 Å². The van der Waals surface area contributed by atoms with E-state index in [1.165, 1.54) is 77.0 Å². The van der Waals surface area contributed by atoms with Crippen LogP contribution in [-0.2, 0) is 65.4 Å². The van der Waals surface area contributed by atoms with E-state index in [9.17, 15) is 0 Å². The number of unbranched alkanes of at least 4 members (excludes halogenated alkanes) is 12. The van der Waals surface area contributed by atoms with Gasteiger partial charge in [0, 0.05) is 65.4 Å². The Morgan fingerprint density at radius 3 is 1.30 bits per heavy atom. The van der Waals surface area contributed by atoms with Gasteiger partial charge in [-0.2, -0.15) is 25.7 Å². The normalized spacial score (nSPS) is 9.00. The summed E-state index contributed by atoms with van der Waals surface area (Å²) in [5.41, 5.74) is 0. The molecule has 0 heterocycles. The van der Waals surface area contributed by atoms with E-state index in [2.05, 4.69) is 64.5 Å². The number of allylic oxidation sites excluding steroid dienone is 6. The first kappa shape index (κ1) is 41.2. The molecule has 0 aromatic heterocycles. The molecule has 0 aliphatic carbocycles. The van der Waals surface area contributed by atoms with Crippen molar-refractivity contribution in [3.05, 3.63) is 76.6 Å². The van der Waals surface area contributed by atoms with Crippen molar-refractivity contribution in [3.63, 3.8) is 0 Å². The second kappa shape index (κ2) is 47.6. The molecule has 170 valence electrons. The average Bonchev–Trinajstić information content (AvgIpc) is 2.73. The fraction of sp³-hybridized carbons (Fsp3) is 0.571. The molecule has 2 radical (unpaired) electrons. The van der Waals surface area contributed by atoms with E-state index in [0.29, 0.717) is 0 Å². The van der Waals surface area contributed by atoms with Crippen LogP contribution in [-0.4, -0.2) is 0 Å². The quantitative estimate of drug-likeness (QED) is 0.0886. The molecule has 30 heavy (non-hydrogen) atoms. The molecule has 0 amide bonds. The standard InChI is InChI=1S/C13H22.C11H19.C4H7.2Y/c1-3-5-7-9-11-13-12-10-8-6-4-2;1-3-5-7-9-11-10-8-6-4-2;1-3-4-2;;/h5,7H,1-3,6,8-13H2;3H,1-2,5-11H2;3H,1-2,4H2;;/q-2;2*-1;;. The molecule has 0 spiro atoms. The van der Waals surface area contributed by atoms with Gasteiger partial charge in [0.25, 0.3) is 0 Å². The third-order valence-corrected chi connectivity index (χ3v) is 4.02. The van der Waals surface area contributed by atoms with Crippen LogP contribution in [0.25, 0.3) is 0 Å². The summed E-state index contributed by atoms with van der Waals surface area (Å²) in [6, 6.07) is 0. The molecule has 0 aliphatic rings. The molecule has 0 aromatic carbocycles. The summed E-state index contributed by atoms with van der Waals surface area (Å²) in [7, 11) is 0. The van der Waals surface area contributed by atoms with Crippen LogP contribution >= 0.6 is 0 Å². The number of hydrogen-bond donors (Lipinski definition) is 0. The molecular formula is C28H48Y2-4. The summed E-state index contributed by atoms with van der Waals surface area (Å²) in [4.78, 5) is 0. The Kier molecular flexibility index (Phi) is 65.4. The van der Waals surface area contributed by atoms with Crippen LogP contribution in [0.1, 0.15) is 103 Å². The molecular weight excluding hydrogens is 514 g/mol. The molecule has 0 saturated heterocycles. The fourth-order valence-electron chi connectivity index (χ4n) is 2.35. The molecule has 0 aromatic rings. The van der Waals surface area contributed by atoms with Gasteiger partial charge in [-0.3, -0.25) is 13.2 Å². The Hall–Kier alpha value is 0.908. The third kappa shape index (κ3) is 56.8. The van der Waals surface area contributed by atoms with Gasteiger partial charge in [0.1, 0.15) is 0 Å². The molecule has 0 fully saturated rings. The van der Waals surface area contributed by atoms with Crippen molar-refractivity contribution in [2.24, 2.45) is 0 Å². The first-order valence-corrected chi connectivity index (χ1v) is 11.2. The zero-order chi connectivity index (χ0) is 21.6. The Balaban J connectivity index is -0.000000112. The van der Waals surface area contributed by atoms with Gasteiger partial charge in [0.05, 0.1) is 0 Å². The molecule has 0 aliphatic heterocycles. The SMILES string of the molecule is C=CC[CH2-].C=[C-]CCCCCCCC=C.C=[C-]CCCCCCCC=CC[CH2-].[Y].[Y]. The molecule has 0 nitrogen and oxygen atoms in total. The third-order valence-electron chi connectivity index (χ3n) is 4.02. The van der Waals surface area contributed by atoms with E-state index < -0.39 is 0 Å². The van der Waals surface area contributed by atoms with Gasteiger partial charge < -0.3 is 26.0 Å². The zero-order valence-corrected chi connectivity index (χ0v) is 25.7. The van der Waals surface area contributed by atoms with Crippen molar-refractivity contribution in [1.82, 2.24) is 0 Å². The van der Waals surface area contributed by atoms with Gasteiger partial charge in [0.15, 0.2) is 0 Å². The van der Waals surface area contributed by atoms with E-state index in [1.54, 1.807) is 6.08 Å². The molecule has 0 unspecified atom stereocenters. The van der Waals surface area contributed by atoms with Gasteiger partial charge >= 0.3 is 0 Å². The second-order valence-electron chi connectivity index (χ2n) is 6.74. The van der Waals surface area contributed by atoms with Crippen molar-refractivity contribution in [2.45, 2.75) is 103 Å². The van der Waals surface area contributed by atoms with Crippen LogP contribution in [0.4, 0.5) is 0 Å². The van der Waals surface area contributed by atoms with Gasteiger partial charge in [-0.25, -0.2) is 0 Å². The minimum absolute atomic E-state index is 0. The monoisotopic (exact) mass is 562 g/mol. The smallest absolute Gasteiger partial charge is 0 e. The predicted molar refractivity (Wildman–Crippen MR) is 132 cm³/mol. The maximum Gasteiger partial charge on any atom is 0 e. The Bertz CT molecular complexity index is 320. The van der Waals surface area contributed by atoms with Crippen molar-refractivity contribution >= 4 is 0 Å². The van der Waals surface area contributed by atoms with Gasteiger partial charge in [0.2, 0.25) is 0 Å². The molecule has 0 atom stereocenters. The van der Waals surface area contributed by atoms with Gasteiger partial charge in [-0.15, -0.1) is 25.3 Å². The summed E-state index contributed by atoms with van der Waals surface area (Å²) in [6.45, 7) is 21.5. The summed E-state index contributed by atoms with van der Waals surface area (Å²) in [5.74, 6) is 0. The maximum atomic E-state index is 3.75. The van der Waals surface area contributed by atoms with Crippen molar-refractivity contribution in [2.75, 3.05) is 0 Å². The van der Waals surface area contributed by atoms with Crippen molar-refractivity contribution in [1.29, 1.82) is 0 Å². The second-order valence-corrected chi connectivity index (χ2v) is 6.74. The van der Waals surface area contributed by atoms with Gasteiger partial charge in [-0.1, -0.05) is 63.5 Å². The Morgan fingerprint density at radius 1 is 0.533 bits per heavy atom. The van der Waals surface area contributed by atoms with E-state index in [1.807, 2.05) is 6.08 Å². The molecule has 0 rings (SSSR count). The fourth-order valence-corrected chi connectivity index (χ4v) is 2.35. The van der Waals surface area contributed by atoms with E-state index in [4.69, 9.17) is 0 Å². The average molecular weight is 563 g/mol. The van der Waals surface area contributed by atoms with Crippen LogP contribution in [0, 0.1) is 26.0 Å². The summed E-state index contributed by atoms with van der Waals surface area (Å²) in [6.07, 6.45) is 33.5. The van der Waals surface area contributed by atoms with Crippen LogP contribution in [0.2, 0.25) is 0 Å². The number of rotatable bonds is 18. The number of hydrogen-bond acceptors (Lipinski definition) is 0. The van der Waals surface area contributed by atoms with E-state index >= 15 is 0 Å². The van der Waals surface area contributed by atoms with Crippen LogP contribution < -0.4 is 0 Å². The topological polar surface area (TPSA) is 0 Å². The maximum absolute atomic E-state index is 3.75. The Labute approximate surface area is 242 Å². The zero-order valence-electron chi connectivity index (χ0n) is 20.0.